The van der Waals surface area contributed by atoms with Crippen LogP contribution in [0, 0.1) is 5.41 Å². The Hall–Kier alpha value is -2.30. The number of hydrogen-bond donors (Lipinski definition) is 1. The second kappa shape index (κ2) is 12.1. The van der Waals surface area contributed by atoms with Crippen LogP contribution in [-0.2, 0) is 6.42 Å². The van der Waals surface area contributed by atoms with Crippen molar-refractivity contribution in [2.75, 3.05) is 19.7 Å². The van der Waals surface area contributed by atoms with Crippen LogP contribution in [-0.4, -0.2) is 25.5 Å². The third kappa shape index (κ3) is 7.11. The number of ketones is 1. The lowest BCUT2D eigenvalue weighted by molar-refractivity contribution is 0.103. The molecule has 32 heavy (non-hydrogen) atoms. The molecule has 0 aliphatic carbocycles. The molecule has 0 aliphatic heterocycles. The van der Waals surface area contributed by atoms with Gasteiger partial charge in [0.05, 0.1) is 12.2 Å². The van der Waals surface area contributed by atoms with E-state index in [1.54, 1.807) is 0 Å². The molecule has 0 saturated carbocycles. The maximum atomic E-state index is 13.3. The Morgan fingerprint density at radius 2 is 1.75 bits per heavy atom. The van der Waals surface area contributed by atoms with Gasteiger partial charge in [0, 0.05) is 17.4 Å². The van der Waals surface area contributed by atoms with Gasteiger partial charge in [0.1, 0.15) is 17.1 Å². The lowest BCUT2D eigenvalue weighted by Crippen LogP contribution is -2.28. The fraction of sp³-hybridized carbons (Fsp3) is 0.444. The van der Waals surface area contributed by atoms with Crippen LogP contribution in [0.4, 0.5) is 0 Å². The second-order valence-corrected chi connectivity index (χ2v) is 9.29. The predicted molar refractivity (Wildman–Crippen MR) is 134 cm³/mol. The number of fused-ring (bicyclic) bond motifs is 1. The van der Waals surface area contributed by atoms with Crippen molar-refractivity contribution >= 4 is 29.2 Å². The number of furan rings is 1. The van der Waals surface area contributed by atoms with Crippen LogP contribution in [0.2, 0.25) is 0 Å². The third-order valence-electron chi connectivity index (χ3n) is 5.19. The summed E-state index contributed by atoms with van der Waals surface area (Å²) in [6.45, 7) is 11.4. The first kappa shape index (κ1) is 26.0. The van der Waals surface area contributed by atoms with Crippen molar-refractivity contribution in [2.24, 2.45) is 5.41 Å². The third-order valence-corrected chi connectivity index (χ3v) is 5.19. The number of aryl methyl sites for hydroxylation is 1. The highest BCUT2D eigenvalue weighted by atomic mass is 35.5. The molecule has 2 aromatic carbocycles. The molecule has 1 N–H and O–H groups in total. The Kier molecular flexibility index (Phi) is 9.80. The molecule has 1 heterocycles. The van der Waals surface area contributed by atoms with Gasteiger partial charge in [-0.1, -0.05) is 52.3 Å². The van der Waals surface area contributed by atoms with E-state index in [9.17, 15) is 4.79 Å². The minimum Gasteiger partial charge on any atom is -0.494 e. The molecule has 0 atom stereocenters. The summed E-state index contributed by atoms with van der Waals surface area (Å²) in [6.07, 6.45) is 3.77. The van der Waals surface area contributed by atoms with Crippen molar-refractivity contribution in [3.8, 4) is 5.75 Å². The lowest BCUT2D eigenvalue weighted by Gasteiger charge is -2.18. The highest BCUT2D eigenvalue weighted by Crippen LogP contribution is 2.29. The molecule has 0 saturated heterocycles. The average Bonchev–Trinajstić information content (AvgIpc) is 3.12. The van der Waals surface area contributed by atoms with Crippen LogP contribution in [0.1, 0.15) is 68.6 Å². The first-order valence-electron chi connectivity index (χ1n) is 11.4. The van der Waals surface area contributed by atoms with E-state index in [4.69, 9.17) is 9.15 Å². The molecule has 4 nitrogen and oxygen atoms in total. The van der Waals surface area contributed by atoms with Gasteiger partial charge in [-0.15, -0.1) is 12.4 Å². The summed E-state index contributed by atoms with van der Waals surface area (Å²) in [5, 5.41) is 4.34. The van der Waals surface area contributed by atoms with E-state index in [-0.39, 0.29) is 18.2 Å². The minimum absolute atomic E-state index is 0. The Morgan fingerprint density at radius 1 is 1.03 bits per heavy atom. The standard InChI is InChI=1S/C27H35NO3.ClH/c1-5-6-11-24-25(22-10-7-8-12-23(22)31-24)26(29)20-13-15-21(16-14-20)30-18-9-17-28-19-27(2,3)4;/h7-8,10,12-16,28H,5-6,9,11,17-19H2,1-4H3;1H. The molecule has 3 aromatic rings. The fourth-order valence-electron chi connectivity index (χ4n) is 3.56. The number of ether oxygens (including phenoxy) is 1. The van der Waals surface area contributed by atoms with E-state index >= 15 is 0 Å². The molecule has 0 bridgehead atoms. The summed E-state index contributed by atoms with van der Waals surface area (Å²) in [4.78, 5) is 13.3. The van der Waals surface area contributed by atoms with E-state index in [0.717, 1.165) is 61.3 Å². The Morgan fingerprint density at radius 3 is 2.44 bits per heavy atom. The van der Waals surface area contributed by atoms with E-state index in [1.165, 1.54) is 0 Å². The van der Waals surface area contributed by atoms with E-state index in [2.05, 4.69) is 33.0 Å². The summed E-state index contributed by atoms with van der Waals surface area (Å²) >= 11 is 0. The first-order valence-corrected chi connectivity index (χ1v) is 11.4. The Bertz CT molecular complexity index is 986. The summed E-state index contributed by atoms with van der Waals surface area (Å²) in [5.41, 5.74) is 2.42. The molecule has 0 unspecified atom stereocenters. The molecule has 0 fully saturated rings. The smallest absolute Gasteiger partial charge is 0.197 e. The van der Waals surface area contributed by atoms with Gasteiger partial charge in [0.2, 0.25) is 0 Å². The van der Waals surface area contributed by atoms with Crippen LogP contribution < -0.4 is 10.1 Å². The molecule has 174 valence electrons. The monoisotopic (exact) mass is 457 g/mol. The van der Waals surface area contributed by atoms with Gasteiger partial charge in [0.15, 0.2) is 5.78 Å². The van der Waals surface area contributed by atoms with Gasteiger partial charge >= 0.3 is 0 Å². The van der Waals surface area contributed by atoms with Crippen molar-refractivity contribution in [3.63, 3.8) is 0 Å². The van der Waals surface area contributed by atoms with Gasteiger partial charge in [-0.05, 0) is 61.7 Å². The summed E-state index contributed by atoms with van der Waals surface area (Å²) in [7, 11) is 0. The quantitative estimate of drug-likeness (QED) is 0.253. The van der Waals surface area contributed by atoms with Crippen LogP contribution in [0.25, 0.3) is 11.0 Å². The highest BCUT2D eigenvalue weighted by Gasteiger charge is 2.21. The van der Waals surface area contributed by atoms with E-state index in [1.807, 2.05) is 48.5 Å². The van der Waals surface area contributed by atoms with Crippen molar-refractivity contribution in [1.29, 1.82) is 0 Å². The molecule has 0 radical (unpaired) electrons. The van der Waals surface area contributed by atoms with Gasteiger partial charge in [-0.2, -0.15) is 0 Å². The number of benzene rings is 2. The van der Waals surface area contributed by atoms with Crippen molar-refractivity contribution in [1.82, 2.24) is 5.32 Å². The fourth-order valence-corrected chi connectivity index (χ4v) is 3.56. The zero-order valence-corrected chi connectivity index (χ0v) is 20.5. The van der Waals surface area contributed by atoms with Crippen LogP contribution >= 0.6 is 12.4 Å². The van der Waals surface area contributed by atoms with E-state index < -0.39 is 0 Å². The molecule has 0 aliphatic rings. The SMILES string of the molecule is CCCCc1oc2ccccc2c1C(=O)c1ccc(OCCCNCC(C)(C)C)cc1.Cl. The highest BCUT2D eigenvalue weighted by molar-refractivity contribution is 6.16. The molecule has 0 amide bonds. The number of rotatable bonds is 11. The lowest BCUT2D eigenvalue weighted by atomic mass is 9.97. The van der Waals surface area contributed by atoms with Crippen molar-refractivity contribution in [2.45, 2.75) is 53.4 Å². The zero-order chi connectivity index (χ0) is 22.3. The van der Waals surface area contributed by atoms with Crippen LogP contribution in [0.3, 0.4) is 0 Å². The van der Waals surface area contributed by atoms with Gasteiger partial charge in [-0.25, -0.2) is 0 Å². The van der Waals surface area contributed by atoms with Gasteiger partial charge < -0.3 is 14.5 Å². The summed E-state index contributed by atoms with van der Waals surface area (Å²) in [6, 6.07) is 15.2. The first-order chi connectivity index (χ1) is 14.9. The number of carbonyl (C=O) groups is 1. The zero-order valence-electron chi connectivity index (χ0n) is 19.7. The second-order valence-electron chi connectivity index (χ2n) is 9.29. The maximum absolute atomic E-state index is 13.3. The number of carbonyl (C=O) groups excluding carboxylic acids is 1. The number of unbranched alkanes of at least 4 members (excludes halogenated alkanes) is 1. The normalized spacial score (nSPS) is 11.4. The van der Waals surface area contributed by atoms with Crippen molar-refractivity contribution < 1.29 is 13.9 Å². The van der Waals surface area contributed by atoms with Crippen LogP contribution in [0.15, 0.2) is 52.9 Å². The molecule has 1 aromatic heterocycles. The minimum atomic E-state index is 0. The van der Waals surface area contributed by atoms with Crippen molar-refractivity contribution in [3.05, 3.63) is 65.4 Å². The largest absolute Gasteiger partial charge is 0.494 e. The molecule has 0 spiro atoms. The number of para-hydroxylation sites is 1. The number of hydrogen-bond acceptors (Lipinski definition) is 4. The number of nitrogens with one attached hydrogen (secondary N) is 1. The maximum Gasteiger partial charge on any atom is 0.197 e. The molecule has 5 heteroatoms. The van der Waals surface area contributed by atoms with Gasteiger partial charge in [0.25, 0.3) is 0 Å². The van der Waals surface area contributed by atoms with E-state index in [0.29, 0.717) is 23.1 Å². The topological polar surface area (TPSA) is 51.5 Å². The molecular formula is C27H36ClNO3. The Labute approximate surface area is 198 Å². The average molecular weight is 458 g/mol. The molecular weight excluding hydrogens is 422 g/mol. The summed E-state index contributed by atoms with van der Waals surface area (Å²) < 4.78 is 11.9. The summed E-state index contributed by atoms with van der Waals surface area (Å²) in [5.74, 6) is 1.58. The number of halogens is 1. The Balaban J connectivity index is 0.00000363. The predicted octanol–water partition coefficient (Wildman–Crippen LogP) is 6.83. The van der Waals surface area contributed by atoms with Gasteiger partial charge in [-0.3, -0.25) is 4.79 Å². The van der Waals surface area contributed by atoms with Crippen LogP contribution in [0.5, 0.6) is 5.75 Å². The molecule has 3 rings (SSSR count).